The van der Waals surface area contributed by atoms with E-state index in [1.807, 2.05) is 60.7 Å². The molecule has 4 rings (SSSR count). The first-order valence-electron chi connectivity index (χ1n) is 13.3. The monoisotopic (exact) mass is 516 g/mol. The van der Waals surface area contributed by atoms with Crippen LogP contribution < -0.4 is 5.32 Å². The molecule has 0 saturated heterocycles. The van der Waals surface area contributed by atoms with Crippen molar-refractivity contribution < 1.29 is 9.59 Å². The van der Waals surface area contributed by atoms with E-state index in [1.165, 1.54) is 12.0 Å². The summed E-state index contributed by atoms with van der Waals surface area (Å²) in [6.07, 6.45) is 6.17. The molecule has 0 radical (unpaired) electrons. The molecule has 1 saturated carbocycles. The summed E-state index contributed by atoms with van der Waals surface area (Å²) in [7, 11) is 0. The highest BCUT2D eigenvalue weighted by Gasteiger charge is 2.32. The zero-order valence-corrected chi connectivity index (χ0v) is 22.6. The fourth-order valence-corrected chi connectivity index (χ4v) is 5.33. The standard InChI is InChI=1S/C32H37ClN2O2/c1-23-16-17-26(18-24(23)2)21-31(36)35(22-27-12-9-13-28(33)19-27)30(20-25-10-5-3-6-11-25)32(37)34-29-14-7-4-8-15-29/h3,5-6,9-13,16-19,29-30H,4,7-8,14-15,20-22H2,1-2H3,(H,34,37)/t30-/m0/s1. The summed E-state index contributed by atoms with van der Waals surface area (Å²) in [4.78, 5) is 29.5. The third kappa shape index (κ3) is 7.69. The molecular weight excluding hydrogens is 480 g/mol. The zero-order chi connectivity index (χ0) is 26.2. The maximum atomic E-state index is 13.9. The number of rotatable bonds is 9. The van der Waals surface area contributed by atoms with Gasteiger partial charge in [0.1, 0.15) is 6.04 Å². The van der Waals surface area contributed by atoms with Crippen LogP contribution in [0.4, 0.5) is 0 Å². The molecule has 0 unspecified atom stereocenters. The predicted octanol–water partition coefficient (Wildman–Crippen LogP) is 6.59. The number of carbonyl (C=O) groups is 2. The fraction of sp³-hybridized carbons (Fsp3) is 0.375. The van der Waals surface area contributed by atoms with Gasteiger partial charge in [-0.2, -0.15) is 0 Å². The normalized spacial score (nSPS) is 14.7. The Hall–Kier alpha value is -3.11. The van der Waals surface area contributed by atoms with Gasteiger partial charge in [-0.1, -0.05) is 91.5 Å². The molecule has 0 heterocycles. The average molecular weight is 517 g/mol. The van der Waals surface area contributed by atoms with Crippen molar-refractivity contribution >= 4 is 23.4 Å². The molecule has 3 aromatic rings. The van der Waals surface area contributed by atoms with Crippen molar-refractivity contribution in [1.82, 2.24) is 10.2 Å². The molecule has 3 aromatic carbocycles. The lowest BCUT2D eigenvalue weighted by molar-refractivity contribution is -0.141. The summed E-state index contributed by atoms with van der Waals surface area (Å²) in [5.41, 5.74) is 5.24. The van der Waals surface area contributed by atoms with Gasteiger partial charge >= 0.3 is 0 Å². The molecule has 194 valence electrons. The molecule has 2 amide bonds. The summed E-state index contributed by atoms with van der Waals surface area (Å²) < 4.78 is 0. The third-order valence-corrected chi connectivity index (χ3v) is 7.63. The van der Waals surface area contributed by atoms with Gasteiger partial charge in [0.25, 0.3) is 0 Å². The summed E-state index contributed by atoms with van der Waals surface area (Å²) in [5.74, 6) is -0.144. The first kappa shape index (κ1) is 26.9. The smallest absolute Gasteiger partial charge is 0.243 e. The largest absolute Gasteiger partial charge is 0.352 e. The zero-order valence-electron chi connectivity index (χ0n) is 21.9. The van der Waals surface area contributed by atoms with Gasteiger partial charge in [-0.3, -0.25) is 9.59 Å². The van der Waals surface area contributed by atoms with Crippen LogP contribution in [0.2, 0.25) is 5.02 Å². The molecule has 0 bridgehead atoms. The lowest BCUT2D eigenvalue weighted by Gasteiger charge is -2.33. The average Bonchev–Trinajstić information content (AvgIpc) is 2.89. The van der Waals surface area contributed by atoms with E-state index in [0.717, 1.165) is 47.9 Å². The Bertz CT molecular complexity index is 1200. The third-order valence-electron chi connectivity index (χ3n) is 7.39. The molecule has 1 fully saturated rings. The molecule has 1 N–H and O–H groups in total. The Morgan fingerprint density at radius 1 is 0.865 bits per heavy atom. The Balaban J connectivity index is 1.66. The quantitative estimate of drug-likeness (QED) is 0.349. The minimum absolute atomic E-state index is 0.0667. The van der Waals surface area contributed by atoms with Gasteiger partial charge in [-0.15, -0.1) is 0 Å². The Kier molecular flexibility index (Phi) is 9.40. The summed E-state index contributed by atoms with van der Waals surface area (Å²) in [6.45, 7) is 4.45. The molecule has 1 aliphatic rings. The highest BCUT2D eigenvalue weighted by Crippen LogP contribution is 2.22. The first-order chi connectivity index (χ1) is 17.9. The van der Waals surface area contributed by atoms with Crippen LogP contribution in [-0.2, 0) is 29.0 Å². The number of nitrogens with zero attached hydrogens (tertiary/aromatic N) is 1. The van der Waals surface area contributed by atoms with Crippen molar-refractivity contribution in [3.8, 4) is 0 Å². The van der Waals surface area contributed by atoms with Gasteiger partial charge in [0.15, 0.2) is 0 Å². The molecule has 1 atom stereocenters. The maximum absolute atomic E-state index is 13.9. The van der Waals surface area contributed by atoms with E-state index in [1.54, 1.807) is 4.90 Å². The van der Waals surface area contributed by atoms with Gasteiger partial charge in [-0.05, 0) is 66.6 Å². The van der Waals surface area contributed by atoms with E-state index in [2.05, 4.69) is 31.3 Å². The number of halogens is 1. The highest BCUT2D eigenvalue weighted by molar-refractivity contribution is 6.30. The number of carbonyl (C=O) groups excluding carboxylic acids is 2. The van der Waals surface area contributed by atoms with E-state index in [0.29, 0.717) is 18.0 Å². The van der Waals surface area contributed by atoms with Crippen LogP contribution in [0.5, 0.6) is 0 Å². The second-order valence-electron chi connectivity index (χ2n) is 10.3. The number of hydrogen-bond donors (Lipinski definition) is 1. The van der Waals surface area contributed by atoms with Crippen LogP contribution in [-0.4, -0.2) is 28.8 Å². The number of nitrogens with one attached hydrogen (secondary N) is 1. The van der Waals surface area contributed by atoms with E-state index in [4.69, 9.17) is 11.6 Å². The van der Waals surface area contributed by atoms with Crippen molar-refractivity contribution in [3.05, 3.63) is 106 Å². The fourth-order valence-electron chi connectivity index (χ4n) is 5.12. The molecule has 5 heteroatoms. The van der Waals surface area contributed by atoms with E-state index >= 15 is 0 Å². The van der Waals surface area contributed by atoms with Gasteiger partial charge < -0.3 is 10.2 Å². The Morgan fingerprint density at radius 3 is 2.30 bits per heavy atom. The van der Waals surface area contributed by atoms with Crippen molar-refractivity contribution in [2.24, 2.45) is 0 Å². The first-order valence-corrected chi connectivity index (χ1v) is 13.7. The number of benzene rings is 3. The predicted molar refractivity (Wildman–Crippen MR) is 151 cm³/mol. The van der Waals surface area contributed by atoms with Gasteiger partial charge in [0.2, 0.25) is 11.8 Å². The van der Waals surface area contributed by atoms with Crippen LogP contribution in [0, 0.1) is 13.8 Å². The molecule has 4 nitrogen and oxygen atoms in total. The number of aryl methyl sites for hydroxylation is 2. The van der Waals surface area contributed by atoms with Gasteiger partial charge in [-0.25, -0.2) is 0 Å². The van der Waals surface area contributed by atoms with Crippen molar-refractivity contribution in [2.45, 2.75) is 77.4 Å². The lowest BCUT2D eigenvalue weighted by atomic mass is 9.94. The minimum atomic E-state index is -0.623. The van der Waals surface area contributed by atoms with Crippen LogP contribution >= 0.6 is 11.6 Å². The maximum Gasteiger partial charge on any atom is 0.243 e. The molecule has 0 spiro atoms. The molecule has 1 aliphatic carbocycles. The van der Waals surface area contributed by atoms with Crippen LogP contribution in [0.15, 0.2) is 72.8 Å². The summed E-state index contributed by atoms with van der Waals surface area (Å²) in [6, 6.07) is 23.2. The van der Waals surface area contributed by atoms with E-state index < -0.39 is 6.04 Å². The summed E-state index contributed by atoms with van der Waals surface area (Å²) >= 11 is 6.29. The van der Waals surface area contributed by atoms with Crippen LogP contribution in [0.25, 0.3) is 0 Å². The van der Waals surface area contributed by atoms with Crippen LogP contribution in [0.3, 0.4) is 0 Å². The molecular formula is C32H37ClN2O2. The molecule has 0 aromatic heterocycles. The van der Waals surface area contributed by atoms with Crippen molar-refractivity contribution in [1.29, 1.82) is 0 Å². The van der Waals surface area contributed by atoms with Crippen molar-refractivity contribution in [3.63, 3.8) is 0 Å². The highest BCUT2D eigenvalue weighted by atomic mass is 35.5. The van der Waals surface area contributed by atoms with E-state index in [-0.39, 0.29) is 24.3 Å². The Labute approximate surface area is 226 Å². The topological polar surface area (TPSA) is 49.4 Å². The van der Waals surface area contributed by atoms with Crippen molar-refractivity contribution in [2.75, 3.05) is 0 Å². The van der Waals surface area contributed by atoms with Gasteiger partial charge in [0, 0.05) is 24.0 Å². The molecule has 37 heavy (non-hydrogen) atoms. The number of hydrogen-bond acceptors (Lipinski definition) is 2. The summed E-state index contributed by atoms with van der Waals surface area (Å²) in [5, 5.41) is 3.91. The second-order valence-corrected chi connectivity index (χ2v) is 10.7. The van der Waals surface area contributed by atoms with Crippen LogP contribution in [0.1, 0.15) is 59.9 Å². The molecule has 0 aliphatic heterocycles. The minimum Gasteiger partial charge on any atom is -0.352 e. The van der Waals surface area contributed by atoms with Gasteiger partial charge in [0.05, 0.1) is 6.42 Å². The van der Waals surface area contributed by atoms with E-state index in [9.17, 15) is 9.59 Å². The SMILES string of the molecule is Cc1ccc(CC(=O)N(Cc2cccc(Cl)c2)[C@@H](Cc2ccccc2)C(=O)NC2CCCCC2)cc1C. The second kappa shape index (κ2) is 12.9. The lowest BCUT2D eigenvalue weighted by Crippen LogP contribution is -2.53. The number of amides is 2. The Morgan fingerprint density at radius 2 is 1.59 bits per heavy atom.